The maximum atomic E-state index is 11.8. The maximum absolute atomic E-state index is 11.8. The van der Waals surface area contributed by atoms with Gasteiger partial charge in [0.05, 0.1) is 17.8 Å². The quantitative estimate of drug-likeness (QED) is 0.496. The van der Waals surface area contributed by atoms with Crippen LogP contribution < -0.4 is 14.9 Å². The molecule has 0 heterocycles. The molecule has 132 valence electrons. The summed E-state index contributed by atoms with van der Waals surface area (Å²) in [5.41, 5.74) is 3.54. The molecule has 0 atom stereocenters. The minimum absolute atomic E-state index is 0.111. The van der Waals surface area contributed by atoms with Gasteiger partial charge in [0.1, 0.15) is 17.2 Å². The maximum Gasteiger partial charge on any atom is 0.277 e. The molecule has 0 radical (unpaired) electrons. The number of nitrogens with one attached hydrogen (secondary N) is 1. The molecule has 0 saturated heterocycles. The third-order valence-corrected chi connectivity index (χ3v) is 4.26. The summed E-state index contributed by atoms with van der Waals surface area (Å²) in [5, 5.41) is 13.8. The molecule has 2 aromatic rings. The fourth-order valence-corrected chi connectivity index (χ4v) is 3.00. The standard InChI is InChI=1S/C17H16Br2N2O4/c1-10-5-12(18)6-11(17(10)23)8-20-21-16(22)9-25-15-4-3-13(24-2)7-14(15)19/h3-8,23H,9H2,1-2H3,(H,21,22)/b20-8-. The number of halogens is 2. The second-order valence-corrected chi connectivity index (χ2v) is 6.81. The zero-order valence-electron chi connectivity index (χ0n) is 13.5. The normalized spacial score (nSPS) is 10.7. The van der Waals surface area contributed by atoms with Gasteiger partial charge in [-0.1, -0.05) is 15.9 Å². The van der Waals surface area contributed by atoms with Gasteiger partial charge in [-0.15, -0.1) is 0 Å². The zero-order valence-corrected chi connectivity index (χ0v) is 16.7. The molecule has 25 heavy (non-hydrogen) atoms. The van der Waals surface area contributed by atoms with E-state index >= 15 is 0 Å². The predicted octanol–water partition coefficient (Wildman–Crippen LogP) is 3.76. The van der Waals surface area contributed by atoms with Crippen molar-refractivity contribution < 1.29 is 19.4 Å². The van der Waals surface area contributed by atoms with Crippen LogP contribution in [0.4, 0.5) is 0 Å². The molecule has 6 nitrogen and oxygen atoms in total. The molecule has 8 heteroatoms. The van der Waals surface area contributed by atoms with Gasteiger partial charge in [0.15, 0.2) is 6.61 Å². The van der Waals surface area contributed by atoms with E-state index in [9.17, 15) is 9.90 Å². The lowest BCUT2D eigenvalue weighted by Gasteiger charge is -2.08. The number of ether oxygens (including phenoxy) is 2. The summed E-state index contributed by atoms with van der Waals surface area (Å²) in [5.74, 6) is 0.877. The fraction of sp³-hybridized carbons (Fsp3) is 0.176. The van der Waals surface area contributed by atoms with Crippen molar-refractivity contribution in [3.8, 4) is 17.2 Å². The van der Waals surface area contributed by atoms with Crippen LogP contribution in [0.2, 0.25) is 0 Å². The molecule has 0 saturated carbocycles. The van der Waals surface area contributed by atoms with Crippen LogP contribution in [0.1, 0.15) is 11.1 Å². The summed E-state index contributed by atoms with van der Waals surface area (Å²) in [6.07, 6.45) is 1.37. The van der Waals surface area contributed by atoms with Crippen molar-refractivity contribution in [3.05, 3.63) is 50.4 Å². The number of hydrogen-bond acceptors (Lipinski definition) is 5. The molecule has 0 spiro atoms. The molecule has 2 N–H and O–H groups in total. The first-order valence-electron chi connectivity index (χ1n) is 7.18. The molecule has 2 aromatic carbocycles. The second-order valence-electron chi connectivity index (χ2n) is 5.04. The van der Waals surface area contributed by atoms with E-state index in [0.29, 0.717) is 27.1 Å². The minimum atomic E-state index is -0.426. The van der Waals surface area contributed by atoms with E-state index in [4.69, 9.17) is 9.47 Å². The Balaban J connectivity index is 1.91. The van der Waals surface area contributed by atoms with Crippen molar-refractivity contribution in [2.45, 2.75) is 6.92 Å². The van der Waals surface area contributed by atoms with E-state index in [1.807, 2.05) is 0 Å². The number of carbonyl (C=O) groups excluding carboxylic acids is 1. The molecule has 0 aliphatic heterocycles. The Kier molecular flexibility index (Phi) is 6.83. The van der Waals surface area contributed by atoms with Crippen LogP contribution in [0.3, 0.4) is 0 Å². The van der Waals surface area contributed by atoms with E-state index in [1.165, 1.54) is 6.21 Å². The highest BCUT2D eigenvalue weighted by Crippen LogP contribution is 2.29. The highest BCUT2D eigenvalue weighted by molar-refractivity contribution is 9.10. The van der Waals surface area contributed by atoms with Gasteiger partial charge in [-0.3, -0.25) is 4.79 Å². The topological polar surface area (TPSA) is 80.2 Å². The molecule has 1 amide bonds. The molecule has 0 fully saturated rings. The van der Waals surface area contributed by atoms with Crippen LogP contribution in [0.25, 0.3) is 0 Å². The Morgan fingerprint density at radius 1 is 1.32 bits per heavy atom. The van der Waals surface area contributed by atoms with Gasteiger partial charge < -0.3 is 14.6 Å². The molecule has 2 rings (SSSR count). The van der Waals surface area contributed by atoms with Gasteiger partial charge in [0, 0.05) is 10.0 Å². The number of benzene rings is 2. The van der Waals surface area contributed by atoms with Crippen LogP contribution in [0.5, 0.6) is 17.2 Å². The Morgan fingerprint density at radius 2 is 2.08 bits per heavy atom. The van der Waals surface area contributed by atoms with Crippen molar-refractivity contribution in [2.75, 3.05) is 13.7 Å². The number of aromatic hydroxyl groups is 1. The van der Waals surface area contributed by atoms with Crippen molar-refractivity contribution in [1.82, 2.24) is 5.43 Å². The summed E-state index contributed by atoms with van der Waals surface area (Å²) < 4.78 is 12.0. The molecule has 0 aliphatic carbocycles. The first-order valence-corrected chi connectivity index (χ1v) is 8.76. The number of hydrazone groups is 1. The van der Waals surface area contributed by atoms with Crippen LogP contribution in [0, 0.1) is 6.92 Å². The highest BCUT2D eigenvalue weighted by atomic mass is 79.9. The van der Waals surface area contributed by atoms with Crippen LogP contribution in [0.15, 0.2) is 44.4 Å². The lowest BCUT2D eigenvalue weighted by Crippen LogP contribution is -2.24. The number of rotatable bonds is 6. The Hall–Kier alpha value is -2.06. The van der Waals surface area contributed by atoms with Gasteiger partial charge in [0.2, 0.25) is 0 Å². The largest absolute Gasteiger partial charge is 0.507 e. The summed E-state index contributed by atoms with van der Waals surface area (Å²) in [7, 11) is 1.57. The summed E-state index contributed by atoms with van der Waals surface area (Å²) in [4.78, 5) is 11.8. The minimum Gasteiger partial charge on any atom is -0.507 e. The summed E-state index contributed by atoms with van der Waals surface area (Å²) >= 11 is 6.69. The number of phenols is 1. The number of aryl methyl sites for hydroxylation is 1. The van der Waals surface area contributed by atoms with E-state index in [0.717, 1.165) is 4.47 Å². The second kappa shape index (κ2) is 8.87. The highest BCUT2D eigenvalue weighted by Gasteiger charge is 2.07. The monoisotopic (exact) mass is 470 g/mol. The Morgan fingerprint density at radius 3 is 2.76 bits per heavy atom. The fourth-order valence-electron chi connectivity index (χ4n) is 1.93. The molecule has 0 unspecified atom stereocenters. The van der Waals surface area contributed by atoms with Crippen molar-refractivity contribution in [2.24, 2.45) is 5.10 Å². The van der Waals surface area contributed by atoms with Crippen molar-refractivity contribution in [1.29, 1.82) is 0 Å². The molecule has 0 aliphatic rings. The first-order chi connectivity index (χ1) is 11.9. The number of methoxy groups -OCH3 is 1. The van der Waals surface area contributed by atoms with Crippen molar-refractivity contribution >= 4 is 44.0 Å². The zero-order chi connectivity index (χ0) is 18.4. The van der Waals surface area contributed by atoms with Gasteiger partial charge >= 0.3 is 0 Å². The van der Waals surface area contributed by atoms with Gasteiger partial charge in [0.25, 0.3) is 5.91 Å². The Labute approximate surface area is 162 Å². The van der Waals surface area contributed by atoms with E-state index in [1.54, 1.807) is 44.4 Å². The van der Waals surface area contributed by atoms with Crippen LogP contribution >= 0.6 is 31.9 Å². The molecule has 0 aromatic heterocycles. The van der Waals surface area contributed by atoms with Crippen LogP contribution in [-0.2, 0) is 4.79 Å². The average Bonchev–Trinajstić information content (AvgIpc) is 2.57. The van der Waals surface area contributed by atoms with E-state index in [-0.39, 0.29) is 12.4 Å². The SMILES string of the molecule is COc1ccc(OCC(=O)N/N=C\c2cc(Br)cc(C)c2O)c(Br)c1. The van der Waals surface area contributed by atoms with E-state index in [2.05, 4.69) is 42.4 Å². The number of hydrogen-bond donors (Lipinski definition) is 2. The Bertz CT molecular complexity index is 809. The lowest BCUT2D eigenvalue weighted by molar-refractivity contribution is -0.123. The van der Waals surface area contributed by atoms with Crippen LogP contribution in [-0.4, -0.2) is 30.9 Å². The van der Waals surface area contributed by atoms with E-state index < -0.39 is 5.91 Å². The lowest BCUT2D eigenvalue weighted by atomic mass is 10.1. The number of carbonyl (C=O) groups is 1. The number of phenolic OH excluding ortho intramolecular Hbond substituents is 1. The number of nitrogens with zero attached hydrogens (tertiary/aromatic N) is 1. The smallest absolute Gasteiger partial charge is 0.277 e. The molecular weight excluding hydrogens is 456 g/mol. The number of amides is 1. The molecular formula is C17H16Br2N2O4. The summed E-state index contributed by atoms with van der Waals surface area (Å²) in [6.45, 7) is 1.57. The van der Waals surface area contributed by atoms with Gasteiger partial charge in [-0.25, -0.2) is 5.43 Å². The van der Waals surface area contributed by atoms with Crippen molar-refractivity contribution in [3.63, 3.8) is 0 Å². The van der Waals surface area contributed by atoms with Gasteiger partial charge in [-0.05, 0) is 58.7 Å². The third kappa shape index (κ3) is 5.47. The first kappa shape index (κ1) is 19.3. The average molecular weight is 472 g/mol. The summed E-state index contributed by atoms with van der Waals surface area (Å²) in [6, 6.07) is 8.65. The molecule has 0 bridgehead atoms. The predicted molar refractivity (Wildman–Crippen MR) is 102 cm³/mol. The van der Waals surface area contributed by atoms with Gasteiger partial charge in [-0.2, -0.15) is 5.10 Å². The third-order valence-electron chi connectivity index (χ3n) is 3.19.